The minimum Gasteiger partial charge on any atom is -0.378 e. The van der Waals surface area contributed by atoms with E-state index in [4.69, 9.17) is 4.74 Å². The van der Waals surface area contributed by atoms with E-state index >= 15 is 0 Å². The third kappa shape index (κ3) is 5.30. The molecule has 1 aliphatic heterocycles. The van der Waals surface area contributed by atoms with Crippen molar-refractivity contribution in [3.63, 3.8) is 0 Å². The van der Waals surface area contributed by atoms with Crippen LogP contribution in [0.3, 0.4) is 0 Å². The van der Waals surface area contributed by atoms with E-state index in [1.807, 2.05) is 11.8 Å². The van der Waals surface area contributed by atoms with Crippen molar-refractivity contribution in [3.05, 3.63) is 68.6 Å². The van der Waals surface area contributed by atoms with Gasteiger partial charge in [-0.25, -0.2) is 0 Å². The largest absolute Gasteiger partial charge is 0.378 e. The van der Waals surface area contributed by atoms with Crippen LogP contribution in [0.5, 0.6) is 0 Å². The van der Waals surface area contributed by atoms with Gasteiger partial charge in [0.25, 0.3) is 5.91 Å². The lowest BCUT2D eigenvalue weighted by atomic mass is 9.87. The number of ether oxygens (including phenoxy) is 1. The minimum atomic E-state index is -0.171. The molecule has 36 heavy (non-hydrogen) atoms. The molecule has 1 saturated carbocycles. The van der Waals surface area contributed by atoms with Gasteiger partial charge in [0, 0.05) is 57.6 Å². The Labute approximate surface area is 215 Å². The van der Waals surface area contributed by atoms with E-state index in [0.717, 1.165) is 43.9 Å². The number of aryl methyl sites for hydroxylation is 2. The Morgan fingerprint density at radius 3 is 2.44 bits per heavy atom. The predicted octanol–water partition coefficient (Wildman–Crippen LogP) is 4.20. The molecule has 194 valence electrons. The topological polar surface area (TPSA) is 54.8 Å². The molecule has 6 heteroatoms. The summed E-state index contributed by atoms with van der Waals surface area (Å²) in [6.45, 7) is 6.19. The number of aromatic nitrogens is 1. The lowest BCUT2D eigenvalue weighted by molar-refractivity contribution is 0.0546. The minimum absolute atomic E-state index is 0.127. The number of amides is 1. The number of pyridine rings is 1. The van der Waals surface area contributed by atoms with Crippen LogP contribution < -0.4 is 5.43 Å². The summed E-state index contributed by atoms with van der Waals surface area (Å²) in [4.78, 5) is 31.4. The molecule has 3 aliphatic rings. The molecular weight excluding hydrogens is 450 g/mol. The first-order valence-corrected chi connectivity index (χ1v) is 13.9. The van der Waals surface area contributed by atoms with Crippen molar-refractivity contribution < 1.29 is 9.53 Å². The number of rotatable bonds is 6. The van der Waals surface area contributed by atoms with Crippen LogP contribution in [0.1, 0.15) is 71.4 Å². The van der Waals surface area contributed by atoms with Gasteiger partial charge in [0.2, 0.25) is 0 Å². The van der Waals surface area contributed by atoms with E-state index in [9.17, 15) is 9.59 Å². The Morgan fingerprint density at radius 1 is 1.00 bits per heavy atom. The summed E-state index contributed by atoms with van der Waals surface area (Å²) in [6, 6.07) is 11.0. The van der Waals surface area contributed by atoms with Crippen LogP contribution in [0.25, 0.3) is 0 Å². The summed E-state index contributed by atoms with van der Waals surface area (Å²) in [5, 5.41) is 0. The Bertz CT molecular complexity index is 1130. The molecule has 2 heterocycles. The van der Waals surface area contributed by atoms with Crippen LogP contribution >= 0.6 is 0 Å². The molecule has 2 fully saturated rings. The fourth-order valence-electron chi connectivity index (χ4n) is 6.67. The second kappa shape index (κ2) is 11.3. The smallest absolute Gasteiger partial charge is 0.259 e. The monoisotopic (exact) mass is 491 g/mol. The molecule has 1 amide bonds. The van der Waals surface area contributed by atoms with Gasteiger partial charge in [0.05, 0.1) is 12.3 Å². The van der Waals surface area contributed by atoms with Gasteiger partial charge >= 0.3 is 0 Å². The molecule has 0 bridgehead atoms. The molecule has 5 rings (SSSR count). The molecule has 0 unspecified atom stereocenters. The Kier molecular flexibility index (Phi) is 7.92. The van der Waals surface area contributed by atoms with Crippen molar-refractivity contribution in [2.24, 2.45) is 5.92 Å². The van der Waals surface area contributed by atoms with Gasteiger partial charge in [0.15, 0.2) is 5.43 Å². The van der Waals surface area contributed by atoms with E-state index < -0.39 is 0 Å². The Hall–Kier alpha value is -2.44. The number of carbonyl (C=O) groups excluding carboxylic acids is 1. The van der Waals surface area contributed by atoms with Crippen LogP contribution in [-0.4, -0.2) is 59.6 Å². The van der Waals surface area contributed by atoms with Gasteiger partial charge in [-0.15, -0.1) is 0 Å². The van der Waals surface area contributed by atoms with Gasteiger partial charge in [-0.3, -0.25) is 14.5 Å². The maximum atomic E-state index is 13.8. The molecule has 2 aliphatic carbocycles. The van der Waals surface area contributed by atoms with Crippen LogP contribution in [-0.2, 0) is 30.7 Å². The Balaban J connectivity index is 1.31. The highest BCUT2D eigenvalue weighted by Gasteiger charge is 2.31. The molecule has 1 aromatic heterocycles. The SMILES string of the molecule is COCc1c(C(=O)N2CCN([C@H]3CCc4ccccc4C3)CC2)c(=O)cc(C)n1CC1CCCCC1. The van der Waals surface area contributed by atoms with Gasteiger partial charge in [-0.2, -0.15) is 0 Å². The average Bonchev–Trinajstić information content (AvgIpc) is 2.91. The molecule has 1 saturated heterocycles. The van der Waals surface area contributed by atoms with Crippen molar-refractivity contribution in [2.75, 3.05) is 33.3 Å². The number of nitrogens with zero attached hydrogens (tertiary/aromatic N) is 3. The number of methoxy groups -OCH3 is 1. The first kappa shape index (κ1) is 25.2. The van der Waals surface area contributed by atoms with E-state index in [0.29, 0.717) is 30.6 Å². The highest BCUT2D eigenvalue weighted by molar-refractivity contribution is 5.95. The number of piperazine rings is 1. The van der Waals surface area contributed by atoms with Crippen molar-refractivity contribution in [1.29, 1.82) is 0 Å². The quantitative estimate of drug-likeness (QED) is 0.608. The van der Waals surface area contributed by atoms with Crippen molar-refractivity contribution in [2.45, 2.75) is 77.5 Å². The predicted molar refractivity (Wildman–Crippen MR) is 142 cm³/mol. The fourth-order valence-corrected chi connectivity index (χ4v) is 6.67. The van der Waals surface area contributed by atoms with Gasteiger partial charge in [0.1, 0.15) is 5.56 Å². The zero-order valence-corrected chi connectivity index (χ0v) is 22.0. The van der Waals surface area contributed by atoms with Crippen LogP contribution in [0.15, 0.2) is 35.1 Å². The molecule has 0 spiro atoms. The van der Waals surface area contributed by atoms with Crippen molar-refractivity contribution >= 4 is 5.91 Å². The molecule has 1 aromatic carbocycles. The molecule has 1 atom stereocenters. The number of hydrogen-bond donors (Lipinski definition) is 0. The van der Waals surface area contributed by atoms with E-state index in [2.05, 4.69) is 33.7 Å². The first-order valence-electron chi connectivity index (χ1n) is 13.9. The first-order chi connectivity index (χ1) is 17.5. The van der Waals surface area contributed by atoms with E-state index in [1.165, 1.54) is 49.7 Å². The molecule has 6 nitrogen and oxygen atoms in total. The average molecular weight is 492 g/mol. The fraction of sp³-hybridized carbons (Fsp3) is 0.600. The maximum Gasteiger partial charge on any atom is 0.259 e. The van der Waals surface area contributed by atoms with Gasteiger partial charge in [-0.1, -0.05) is 43.5 Å². The second-order valence-electron chi connectivity index (χ2n) is 11.0. The van der Waals surface area contributed by atoms with Gasteiger partial charge in [-0.05, 0) is 56.1 Å². The van der Waals surface area contributed by atoms with Gasteiger partial charge < -0.3 is 14.2 Å². The summed E-state index contributed by atoms with van der Waals surface area (Å²) in [6.07, 6.45) is 9.68. The zero-order valence-electron chi connectivity index (χ0n) is 22.0. The van der Waals surface area contributed by atoms with Crippen LogP contribution in [0.4, 0.5) is 0 Å². The molecule has 0 radical (unpaired) electrons. The number of carbonyl (C=O) groups is 1. The molecule has 2 aromatic rings. The van der Waals surface area contributed by atoms with Crippen molar-refractivity contribution in [3.8, 4) is 0 Å². The lowest BCUT2D eigenvalue weighted by Gasteiger charge is -2.41. The normalized spacial score (nSPS) is 21.4. The van der Waals surface area contributed by atoms with E-state index in [1.54, 1.807) is 13.2 Å². The lowest BCUT2D eigenvalue weighted by Crippen LogP contribution is -2.53. The van der Waals surface area contributed by atoms with E-state index in [-0.39, 0.29) is 17.9 Å². The summed E-state index contributed by atoms with van der Waals surface area (Å²) >= 11 is 0. The third-order valence-electron chi connectivity index (χ3n) is 8.73. The summed E-state index contributed by atoms with van der Waals surface area (Å²) < 4.78 is 7.73. The summed E-state index contributed by atoms with van der Waals surface area (Å²) in [5.41, 5.74) is 4.78. The van der Waals surface area contributed by atoms with Crippen molar-refractivity contribution in [1.82, 2.24) is 14.4 Å². The third-order valence-corrected chi connectivity index (χ3v) is 8.73. The van der Waals surface area contributed by atoms with Crippen LogP contribution in [0, 0.1) is 12.8 Å². The zero-order chi connectivity index (χ0) is 25.1. The highest BCUT2D eigenvalue weighted by atomic mass is 16.5. The Morgan fingerprint density at radius 2 is 1.72 bits per heavy atom. The van der Waals surface area contributed by atoms with Crippen LogP contribution in [0.2, 0.25) is 0 Å². The maximum absolute atomic E-state index is 13.8. The number of hydrogen-bond acceptors (Lipinski definition) is 4. The molecule has 0 N–H and O–H groups in total. The highest BCUT2D eigenvalue weighted by Crippen LogP contribution is 2.28. The number of benzene rings is 1. The second-order valence-corrected chi connectivity index (χ2v) is 11.0. The summed E-state index contributed by atoms with van der Waals surface area (Å²) in [5.74, 6) is 0.473. The summed E-state index contributed by atoms with van der Waals surface area (Å²) in [7, 11) is 1.65. The molecular formula is C30H41N3O3. The number of fused-ring (bicyclic) bond motifs is 1. The standard InChI is InChI=1S/C30H41N3O3/c1-22-18-28(34)29(27(21-36-2)33(22)20-23-8-4-3-5-9-23)30(35)32-16-14-31(15-17-32)26-13-12-24-10-6-7-11-25(24)19-26/h6-7,10-11,18,23,26H,3-5,8-9,12-17,19-21H2,1-2H3/t26-/m0/s1.